The van der Waals surface area contributed by atoms with Gasteiger partial charge in [-0.25, -0.2) is 9.97 Å². The van der Waals surface area contributed by atoms with Gasteiger partial charge in [0.25, 0.3) is 0 Å². The van der Waals surface area contributed by atoms with Crippen LogP contribution in [0.2, 0.25) is 0 Å². The van der Waals surface area contributed by atoms with Crippen LogP contribution in [0.4, 0.5) is 17.3 Å². The number of benzene rings is 2. The van der Waals surface area contributed by atoms with Gasteiger partial charge >= 0.3 is 0 Å². The van der Waals surface area contributed by atoms with Crippen LogP contribution < -0.4 is 15.4 Å². The summed E-state index contributed by atoms with van der Waals surface area (Å²) >= 11 is 0. The van der Waals surface area contributed by atoms with Gasteiger partial charge in [0.1, 0.15) is 23.1 Å². The molecule has 2 aromatic heterocycles. The smallest absolute Gasteiger partial charge is 0.163 e. The highest BCUT2D eigenvalue weighted by Crippen LogP contribution is 2.24. The summed E-state index contributed by atoms with van der Waals surface area (Å²) < 4.78 is 10.9. The monoisotopic (exact) mass is 386 g/mol. The zero-order chi connectivity index (χ0) is 19.9. The minimum absolute atomic E-state index is 0.542. The van der Waals surface area contributed by atoms with Gasteiger partial charge in [-0.1, -0.05) is 30.3 Å². The van der Waals surface area contributed by atoms with Gasteiger partial charge in [-0.2, -0.15) is 0 Å². The Morgan fingerprint density at radius 2 is 1.69 bits per heavy atom. The lowest BCUT2D eigenvalue weighted by Crippen LogP contribution is -2.04. The molecule has 0 aliphatic rings. The van der Waals surface area contributed by atoms with Gasteiger partial charge in [-0.3, -0.25) is 0 Å². The first-order chi connectivity index (χ1) is 14.3. The van der Waals surface area contributed by atoms with Crippen LogP contribution in [0.1, 0.15) is 12.7 Å². The van der Waals surface area contributed by atoms with E-state index in [0.717, 1.165) is 22.8 Å². The van der Waals surface area contributed by atoms with Crippen LogP contribution in [0.3, 0.4) is 0 Å². The summed E-state index contributed by atoms with van der Waals surface area (Å²) in [6.07, 6.45) is 1.66. The summed E-state index contributed by atoms with van der Waals surface area (Å²) in [6.45, 7) is 3.15. The average molecular weight is 386 g/mol. The Balaban J connectivity index is 1.59. The van der Waals surface area contributed by atoms with Crippen LogP contribution in [0, 0.1) is 0 Å². The zero-order valence-electron chi connectivity index (χ0n) is 16.1. The van der Waals surface area contributed by atoms with E-state index >= 15 is 0 Å². The molecule has 0 unspecified atom stereocenters. The maximum atomic E-state index is 5.50. The number of nitrogens with one attached hydrogen (secondary N) is 2. The molecule has 0 radical (unpaired) electrons. The van der Waals surface area contributed by atoms with Gasteiger partial charge in [0.15, 0.2) is 5.82 Å². The summed E-state index contributed by atoms with van der Waals surface area (Å²) in [4.78, 5) is 9.35. The molecule has 2 heterocycles. The summed E-state index contributed by atoms with van der Waals surface area (Å²) in [5.74, 6) is 3.73. The van der Waals surface area contributed by atoms with Gasteiger partial charge in [0.2, 0.25) is 0 Å². The Morgan fingerprint density at radius 1 is 0.897 bits per heavy atom. The molecule has 2 aromatic carbocycles. The number of ether oxygens (including phenoxy) is 1. The largest absolute Gasteiger partial charge is 0.494 e. The van der Waals surface area contributed by atoms with E-state index in [4.69, 9.17) is 9.15 Å². The third kappa shape index (κ3) is 4.93. The first kappa shape index (κ1) is 18.6. The molecular weight excluding hydrogens is 364 g/mol. The van der Waals surface area contributed by atoms with E-state index in [0.29, 0.717) is 30.6 Å². The van der Waals surface area contributed by atoms with Gasteiger partial charge in [-0.15, -0.1) is 0 Å². The summed E-state index contributed by atoms with van der Waals surface area (Å²) in [5, 5.41) is 6.65. The normalized spacial score (nSPS) is 10.5. The van der Waals surface area contributed by atoms with Crippen molar-refractivity contribution in [2.24, 2.45) is 0 Å². The van der Waals surface area contributed by atoms with E-state index in [2.05, 4.69) is 20.6 Å². The predicted octanol–water partition coefficient (Wildman–Crippen LogP) is 5.49. The summed E-state index contributed by atoms with van der Waals surface area (Å²) in [7, 11) is 0. The highest BCUT2D eigenvalue weighted by molar-refractivity contribution is 5.65. The zero-order valence-corrected chi connectivity index (χ0v) is 16.1. The van der Waals surface area contributed by atoms with E-state index < -0.39 is 0 Å². The molecule has 0 amide bonds. The molecule has 0 fully saturated rings. The molecule has 0 atom stereocenters. The highest BCUT2D eigenvalue weighted by atomic mass is 16.5. The highest BCUT2D eigenvalue weighted by Gasteiger charge is 2.08. The number of nitrogens with zero attached hydrogens (tertiary/aromatic N) is 2. The number of aromatic nitrogens is 2. The average Bonchev–Trinajstić information content (AvgIpc) is 3.28. The van der Waals surface area contributed by atoms with Crippen molar-refractivity contribution in [1.29, 1.82) is 0 Å². The lowest BCUT2D eigenvalue weighted by molar-refractivity contribution is 0.340. The second kappa shape index (κ2) is 8.93. The third-order valence-electron chi connectivity index (χ3n) is 4.22. The van der Waals surface area contributed by atoms with E-state index in [9.17, 15) is 0 Å². The molecule has 0 bridgehead atoms. The van der Waals surface area contributed by atoms with Gasteiger partial charge in [-0.05, 0) is 43.3 Å². The van der Waals surface area contributed by atoms with Crippen molar-refractivity contribution in [3.63, 3.8) is 0 Å². The van der Waals surface area contributed by atoms with Crippen LogP contribution in [0.5, 0.6) is 5.75 Å². The number of anilines is 3. The number of hydrogen-bond acceptors (Lipinski definition) is 6. The maximum absolute atomic E-state index is 5.50. The molecule has 0 spiro atoms. The lowest BCUT2D eigenvalue weighted by Gasteiger charge is -2.12. The number of furan rings is 1. The maximum Gasteiger partial charge on any atom is 0.163 e. The predicted molar refractivity (Wildman–Crippen MR) is 114 cm³/mol. The fourth-order valence-corrected chi connectivity index (χ4v) is 2.86. The Kier molecular flexibility index (Phi) is 5.71. The molecule has 6 nitrogen and oxygen atoms in total. The second-order valence-corrected chi connectivity index (χ2v) is 6.34. The number of rotatable bonds is 8. The molecule has 0 aliphatic heterocycles. The quantitative estimate of drug-likeness (QED) is 0.417. The third-order valence-corrected chi connectivity index (χ3v) is 4.22. The van der Waals surface area contributed by atoms with Crippen LogP contribution in [0.25, 0.3) is 11.4 Å². The van der Waals surface area contributed by atoms with Crippen LogP contribution in [-0.4, -0.2) is 16.6 Å². The van der Waals surface area contributed by atoms with Gasteiger partial charge in [0, 0.05) is 17.3 Å². The van der Waals surface area contributed by atoms with E-state index in [1.54, 1.807) is 6.26 Å². The van der Waals surface area contributed by atoms with Crippen molar-refractivity contribution < 1.29 is 9.15 Å². The standard InChI is InChI=1S/C23H22N4O2/c1-2-28-19-12-10-18(11-13-19)25-22-15-21(24-16-20-9-6-14-29-20)26-23(27-22)17-7-4-3-5-8-17/h3-15H,2,16H2,1H3,(H2,24,25,26,27). The Bertz CT molecular complexity index is 1030. The van der Waals surface area contributed by atoms with Crippen molar-refractivity contribution in [3.05, 3.63) is 84.8 Å². The molecule has 4 aromatic rings. The molecule has 0 aliphatic carbocycles. The van der Waals surface area contributed by atoms with Crippen molar-refractivity contribution in [1.82, 2.24) is 9.97 Å². The van der Waals surface area contributed by atoms with E-state index in [1.807, 2.05) is 79.7 Å². The SMILES string of the molecule is CCOc1ccc(Nc2cc(NCc3ccco3)nc(-c3ccccc3)n2)cc1. The molecule has 6 heteroatoms. The fourth-order valence-electron chi connectivity index (χ4n) is 2.86. The van der Waals surface area contributed by atoms with E-state index in [-0.39, 0.29) is 0 Å². The summed E-state index contributed by atoms with van der Waals surface area (Å²) in [6, 6.07) is 23.4. The second-order valence-electron chi connectivity index (χ2n) is 6.34. The first-order valence-corrected chi connectivity index (χ1v) is 9.51. The van der Waals surface area contributed by atoms with Crippen LogP contribution in [-0.2, 0) is 6.54 Å². The van der Waals surface area contributed by atoms with Crippen LogP contribution >= 0.6 is 0 Å². The molecule has 0 saturated carbocycles. The van der Waals surface area contributed by atoms with Gasteiger partial charge < -0.3 is 19.8 Å². The minimum atomic E-state index is 0.542. The first-order valence-electron chi connectivity index (χ1n) is 9.51. The fraction of sp³-hybridized carbons (Fsp3) is 0.130. The molecule has 146 valence electrons. The molecule has 29 heavy (non-hydrogen) atoms. The van der Waals surface area contributed by atoms with Crippen molar-refractivity contribution in [3.8, 4) is 17.1 Å². The molecule has 0 saturated heterocycles. The summed E-state index contributed by atoms with van der Waals surface area (Å²) in [5.41, 5.74) is 1.87. The molecule has 2 N–H and O–H groups in total. The Morgan fingerprint density at radius 3 is 2.41 bits per heavy atom. The van der Waals surface area contributed by atoms with Crippen molar-refractivity contribution in [2.75, 3.05) is 17.2 Å². The number of hydrogen-bond donors (Lipinski definition) is 2. The molecule has 4 rings (SSSR count). The Hall–Kier alpha value is -3.80. The van der Waals surface area contributed by atoms with Crippen LogP contribution in [0.15, 0.2) is 83.5 Å². The van der Waals surface area contributed by atoms with Crippen molar-refractivity contribution >= 4 is 17.3 Å². The molecular formula is C23H22N4O2. The topological polar surface area (TPSA) is 72.2 Å². The lowest BCUT2D eigenvalue weighted by atomic mass is 10.2. The Labute approximate surface area is 169 Å². The van der Waals surface area contributed by atoms with E-state index in [1.165, 1.54) is 0 Å². The minimum Gasteiger partial charge on any atom is -0.494 e. The van der Waals surface area contributed by atoms with Crippen molar-refractivity contribution in [2.45, 2.75) is 13.5 Å². The van der Waals surface area contributed by atoms with Gasteiger partial charge in [0.05, 0.1) is 19.4 Å².